The summed E-state index contributed by atoms with van der Waals surface area (Å²) in [6.45, 7) is 4.20. The van der Waals surface area contributed by atoms with Gasteiger partial charge in [0.15, 0.2) is 5.11 Å². The fourth-order valence-corrected chi connectivity index (χ4v) is 2.31. The first-order valence-electron chi connectivity index (χ1n) is 5.72. The molecule has 1 saturated heterocycles. The van der Waals surface area contributed by atoms with Crippen LogP contribution in [0.2, 0.25) is 0 Å². The second-order valence-corrected chi connectivity index (χ2v) is 4.65. The normalized spacial score (nSPS) is 26.0. The van der Waals surface area contributed by atoms with Crippen molar-refractivity contribution in [2.45, 2.75) is 25.2 Å². The molecule has 5 nitrogen and oxygen atoms in total. The van der Waals surface area contributed by atoms with E-state index in [1.807, 2.05) is 6.92 Å². The van der Waals surface area contributed by atoms with E-state index in [1.54, 1.807) is 21.3 Å². The monoisotopic (exact) mass is 262 g/mol. The molecule has 0 aromatic carbocycles. The van der Waals surface area contributed by atoms with E-state index in [0.29, 0.717) is 6.61 Å². The third kappa shape index (κ3) is 4.06. The van der Waals surface area contributed by atoms with E-state index < -0.39 is 0 Å². The van der Waals surface area contributed by atoms with Crippen LogP contribution >= 0.6 is 12.2 Å². The largest absolute Gasteiger partial charge is 0.383 e. The first kappa shape index (κ1) is 14.6. The first-order chi connectivity index (χ1) is 8.12. The molecule has 0 radical (unpaired) electrons. The van der Waals surface area contributed by atoms with Crippen LogP contribution in [0.5, 0.6) is 0 Å². The lowest BCUT2D eigenvalue weighted by Crippen LogP contribution is -2.44. The summed E-state index contributed by atoms with van der Waals surface area (Å²) in [4.78, 5) is 2.07. The maximum absolute atomic E-state index is 5.37. The Balaban J connectivity index is 2.43. The lowest BCUT2D eigenvalue weighted by molar-refractivity contribution is -0.00461. The number of hydrogen-bond acceptors (Lipinski definition) is 4. The third-order valence-corrected chi connectivity index (χ3v) is 3.27. The van der Waals surface area contributed by atoms with E-state index in [0.717, 1.165) is 18.2 Å². The third-order valence-electron chi connectivity index (χ3n) is 2.89. The minimum absolute atomic E-state index is 0.0810. The van der Waals surface area contributed by atoms with E-state index in [-0.39, 0.29) is 18.2 Å². The van der Waals surface area contributed by atoms with Crippen LogP contribution in [-0.2, 0) is 14.2 Å². The molecule has 0 aromatic heterocycles. The van der Waals surface area contributed by atoms with Gasteiger partial charge >= 0.3 is 0 Å². The Hall–Kier alpha value is -0.430. The quantitative estimate of drug-likeness (QED) is 0.716. The second-order valence-electron chi connectivity index (χ2n) is 4.26. The van der Waals surface area contributed by atoms with Crippen molar-refractivity contribution >= 4 is 17.3 Å². The van der Waals surface area contributed by atoms with E-state index in [4.69, 9.17) is 26.4 Å². The van der Waals surface area contributed by atoms with Crippen molar-refractivity contribution in [3.8, 4) is 0 Å². The molecular formula is C11H22N2O3S. The van der Waals surface area contributed by atoms with Gasteiger partial charge in [0, 0.05) is 40.5 Å². The van der Waals surface area contributed by atoms with Crippen molar-refractivity contribution in [2.24, 2.45) is 0 Å². The van der Waals surface area contributed by atoms with Gasteiger partial charge in [0.1, 0.15) is 12.2 Å². The van der Waals surface area contributed by atoms with Crippen LogP contribution in [0.3, 0.4) is 0 Å². The molecule has 0 aliphatic carbocycles. The molecule has 1 fully saturated rings. The molecule has 1 aliphatic heterocycles. The van der Waals surface area contributed by atoms with E-state index in [1.165, 1.54) is 0 Å². The summed E-state index contributed by atoms with van der Waals surface area (Å²) in [5, 5.41) is 3.97. The molecule has 3 unspecified atom stereocenters. The standard InChI is InChI=1S/C11H22N2O3S/c1-8(7-14-2)12-11(17)13-5-9(15-3)10(6-13)16-4/h8-10H,5-7H2,1-4H3,(H,12,17). The number of nitrogens with zero attached hydrogens (tertiary/aromatic N) is 1. The zero-order valence-corrected chi connectivity index (χ0v) is 11.8. The summed E-state index contributed by atoms with van der Waals surface area (Å²) in [6.07, 6.45) is 0.162. The van der Waals surface area contributed by atoms with E-state index >= 15 is 0 Å². The van der Waals surface area contributed by atoms with Gasteiger partial charge in [0.05, 0.1) is 6.61 Å². The smallest absolute Gasteiger partial charge is 0.169 e. The van der Waals surface area contributed by atoms with Gasteiger partial charge in [-0.3, -0.25) is 0 Å². The van der Waals surface area contributed by atoms with Crippen molar-refractivity contribution in [1.82, 2.24) is 10.2 Å². The highest BCUT2D eigenvalue weighted by molar-refractivity contribution is 7.80. The molecule has 1 N–H and O–H groups in total. The number of methoxy groups -OCH3 is 3. The van der Waals surface area contributed by atoms with Crippen molar-refractivity contribution in [3.05, 3.63) is 0 Å². The lowest BCUT2D eigenvalue weighted by Gasteiger charge is -2.23. The highest BCUT2D eigenvalue weighted by Crippen LogP contribution is 2.15. The molecule has 3 atom stereocenters. The Morgan fingerprint density at radius 3 is 2.24 bits per heavy atom. The molecule has 0 bridgehead atoms. The number of nitrogens with one attached hydrogen (secondary N) is 1. The van der Waals surface area contributed by atoms with Crippen molar-refractivity contribution in [3.63, 3.8) is 0 Å². The minimum Gasteiger partial charge on any atom is -0.383 e. The zero-order chi connectivity index (χ0) is 12.8. The fourth-order valence-electron chi connectivity index (χ4n) is 1.96. The highest BCUT2D eigenvalue weighted by atomic mass is 32.1. The van der Waals surface area contributed by atoms with Crippen LogP contribution in [0.4, 0.5) is 0 Å². The lowest BCUT2D eigenvalue weighted by atomic mass is 10.3. The van der Waals surface area contributed by atoms with Gasteiger partial charge in [-0.15, -0.1) is 0 Å². The van der Waals surface area contributed by atoms with Gasteiger partial charge < -0.3 is 24.4 Å². The SMILES string of the molecule is COCC(C)NC(=S)N1CC(OC)C(OC)C1. The van der Waals surface area contributed by atoms with Gasteiger partial charge in [0.25, 0.3) is 0 Å². The van der Waals surface area contributed by atoms with Crippen LogP contribution in [-0.4, -0.2) is 69.3 Å². The summed E-state index contributed by atoms with van der Waals surface area (Å²) in [6, 6.07) is 0.204. The Labute approximate surface area is 108 Å². The Morgan fingerprint density at radius 2 is 1.82 bits per heavy atom. The van der Waals surface area contributed by atoms with Crippen LogP contribution in [0.25, 0.3) is 0 Å². The molecule has 1 aliphatic rings. The molecule has 1 heterocycles. The Bertz CT molecular complexity index is 241. The summed E-state index contributed by atoms with van der Waals surface area (Å²) in [5.74, 6) is 0. The predicted molar refractivity (Wildman–Crippen MR) is 70.2 cm³/mol. The van der Waals surface area contributed by atoms with Crippen molar-refractivity contribution < 1.29 is 14.2 Å². The van der Waals surface area contributed by atoms with Crippen molar-refractivity contribution in [1.29, 1.82) is 0 Å². The average Bonchev–Trinajstić information content (AvgIpc) is 2.72. The van der Waals surface area contributed by atoms with Crippen LogP contribution in [0.15, 0.2) is 0 Å². The molecular weight excluding hydrogens is 240 g/mol. The topological polar surface area (TPSA) is 43.0 Å². The van der Waals surface area contributed by atoms with Crippen LogP contribution in [0, 0.1) is 0 Å². The summed E-state index contributed by atoms with van der Waals surface area (Å²) in [5.41, 5.74) is 0. The fraction of sp³-hybridized carbons (Fsp3) is 0.909. The molecule has 6 heteroatoms. The van der Waals surface area contributed by atoms with Crippen molar-refractivity contribution in [2.75, 3.05) is 41.0 Å². The maximum atomic E-state index is 5.37. The van der Waals surface area contributed by atoms with Gasteiger partial charge in [0.2, 0.25) is 0 Å². The van der Waals surface area contributed by atoms with Gasteiger partial charge in [-0.1, -0.05) is 0 Å². The summed E-state index contributed by atoms with van der Waals surface area (Å²) >= 11 is 5.35. The number of rotatable bonds is 5. The van der Waals surface area contributed by atoms with E-state index in [9.17, 15) is 0 Å². The molecule has 0 aromatic rings. The Kier molecular flexibility index (Phi) is 6.11. The highest BCUT2D eigenvalue weighted by Gasteiger charge is 2.34. The average molecular weight is 262 g/mol. The van der Waals surface area contributed by atoms with E-state index in [2.05, 4.69) is 10.2 Å². The number of thiocarbonyl (C=S) groups is 1. The maximum Gasteiger partial charge on any atom is 0.169 e. The predicted octanol–water partition coefficient (Wildman–Crippen LogP) is 0.241. The molecule has 17 heavy (non-hydrogen) atoms. The molecule has 0 amide bonds. The van der Waals surface area contributed by atoms with Gasteiger partial charge in [-0.05, 0) is 19.1 Å². The van der Waals surface area contributed by atoms with Crippen LogP contribution < -0.4 is 5.32 Å². The number of likely N-dealkylation sites (tertiary alicyclic amines) is 1. The zero-order valence-electron chi connectivity index (χ0n) is 10.9. The molecule has 1 rings (SSSR count). The molecule has 0 saturated carbocycles. The van der Waals surface area contributed by atoms with Gasteiger partial charge in [-0.2, -0.15) is 0 Å². The van der Waals surface area contributed by atoms with Crippen LogP contribution in [0.1, 0.15) is 6.92 Å². The summed E-state index contributed by atoms with van der Waals surface area (Å²) < 4.78 is 15.8. The molecule has 0 spiro atoms. The first-order valence-corrected chi connectivity index (χ1v) is 6.13. The Morgan fingerprint density at radius 1 is 1.29 bits per heavy atom. The second kappa shape index (κ2) is 7.10. The molecule has 100 valence electrons. The minimum atomic E-state index is 0.0810. The van der Waals surface area contributed by atoms with Gasteiger partial charge in [-0.25, -0.2) is 0 Å². The number of hydrogen-bond donors (Lipinski definition) is 1. The summed E-state index contributed by atoms with van der Waals surface area (Å²) in [7, 11) is 5.08. The number of ether oxygens (including phenoxy) is 3.